The van der Waals surface area contributed by atoms with Gasteiger partial charge in [0, 0.05) is 44.5 Å². The fourth-order valence-corrected chi connectivity index (χ4v) is 3.75. The Balaban J connectivity index is 2.03. The SMILES string of the molecule is CCn1cc(Br)c2c3c(-c4ccc(OC)cc4)occ3ccc21. The lowest BCUT2D eigenvalue weighted by Gasteiger charge is -2.04. The van der Waals surface area contributed by atoms with Gasteiger partial charge >= 0.3 is 0 Å². The number of halogens is 1. The standard InChI is InChI=1S/C19H16BrNO2/c1-3-21-10-15(20)18-16(21)9-6-13-11-23-19(17(13)18)12-4-7-14(22-2)8-5-12/h4-11H,3H2,1-2H3. The molecule has 0 fully saturated rings. The van der Waals surface area contributed by atoms with E-state index in [9.17, 15) is 0 Å². The summed E-state index contributed by atoms with van der Waals surface area (Å²) >= 11 is 3.71. The van der Waals surface area contributed by atoms with Gasteiger partial charge in [-0.25, -0.2) is 0 Å². The lowest BCUT2D eigenvalue weighted by atomic mass is 10.0. The highest BCUT2D eigenvalue weighted by Crippen LogP contribution is 2.40. The third kappa shape index (κ3) is 2.17. The van der Waals surface area contributed by atoms with E-state index in [1.807, 2.05) is 30.5 Å². The van der Waals surface area contributed by atoms with E-state index in [-0.39, 0.29) is 0 Å². The van der Waals surface area contributed by atoms with Crippen LogP contribution in [0.25, 0.3) is 33.0 Å². The molecule has 0 aliphatic carbocycles. The molecule has 116 valence electrons. The molecule has 4 aromatic rings. The maximum Gasteiger partial charge on any atom is 0.142 e. The predicted octanol–water partition coefficient (Wildman–Crippen LogP) is 5.85. The van der Waals surface area contributed by atoms with Crippen LogP contribution in [-0.2, 0) is 6.54 Å². The lowest BCUT2D eigenvalue weighted by Crippen LogP contribution is -1.90. The Kier molecular flexibility index (Phi) is 3.42. The van der Waals surface area contributed by atoms with E-state index in [1.165, 1.54) is 10.9 Å². The van der Waals surface area contributed by atoms with Crippen molar-refractivity contribution >= 4 is 37.6 Å². The Morgan fingerprint density at radius 1 is 1.09 bits per heavy atom. The molecule has 0 spiro atoms. The van der Waals surface area contributed by atoms with E-state index in [1.54, 1.807) is 7.11 Å². The van der Waals surface area contributed by atoms with Gasteiger partial charge in [-0.1, -0.05) is 0 Å². The van der Waals surface area contributed by atoms with Crippen LogP contribution < -0.4 is 4.74 Å². The molecule has 4 heteroatoms. The number of aryl methyl sites for hydroxylation is 1. The highest BCUT2D eigenvalue weighted by molar-refractivity contribution is 9.10. The quantitative estimate of drug-likeness (QED) is 0.453. The molecule has 0 saturated heterocycles. The molecular weight excluding hydrogens is 354 g/mol. The maximum atomic E-state index is 5.91. The molecule has 0 atom stereocenters. The molecule has 2 aromatic carbocycles. The molecule has 3 nitrogen and oxygen atoms in total. The Morgan fingerprint density at radius 2 is 1.87 bits per heavy atom. The lowest BCUT2D eigenvalue weighted by molar-refractivity contribution is 0.415. The number of furan rings is 1. The van der Waals surface area contributed by atoms with Crippen molar-refractivity contribution in [1.82, 2.24) is 4.57 Å². The summed E-state index contributed by atoms with van der Waals surface area (Å²) in [6.45, 7) is 3.08. The molecule has 0 amide bonds. The predicted molar refractivity (Wildman–Crippen MR) is 97.1 cm³/mol. The number of ether oxygens (including phenoxy) is 1. The molecule has 0 N–H and O–H groups in total. The second-order valence-electron chi connectivity index (χ2n) is 5.48. The summed E-state index contributed by atoms with van der Waals surface area (Å²) in [6.07, 6.45) is 3.96. The van der Waals surface area contributed by atoms with Gasteiger partial charge in [0.1, 0.15) is 11.5 Å². The molecule has 2 aromatic heterocycles. The highest BCUT2D eigenvalue weighted by Gasteiger charge is 2.16. The number of methoxy groups -OCH3 is 1. The van der Waals surface area contributed by atoms with E-state index in [2.05, 4.69) is 45.8 Å². The van der Waals surface area contributed by atoms with Gasteiger partial charge in [0.25, 0.3) is 0 Å². The van der Waals surface area contributed by atoms with Crippen molar-refractivity contribution in [2.45, 2.75) is 13.5 Å². The maximum absolute atomic E-state index is 5.91. The second-order valence-corrected chi connectivity index (χ2v) is 6.33. The van der Waals surface area contributed by atoms with E-state index < -0.39 is 0 Å². The minimum atomic E-state index is 0.841. The van der Waals surface area contributed by atoms with Crippen molar-refractivity contribution in [3.8, 4) is 17.1 Å². The average Bonchev–Trinajstić information content (AvgIpc) is 3.15. The Labute approximate surface area is 142 Å². The third-order valence-electron chi connectivity index (χ3n) is 4.26. The van der Waals surface area contributed by atoms with Gasteiger partial charge < -0.3 is 13.7 Å². The molecule has 2 heterocycles. The summed E-state index contributed by atoms with van der Waals surface area (Å²) in [5.74, 6) is 1.73. The zero-order chi connectivity index (χ0) is 16.0. The van der Waals surface area contributed by atoms with Crippen molar-refractivity contribution in [3.05, 3.63) is 53.3 Å². The van der Waals surface area contributed by atoms with Crippen LogP contribution in [0, 0.1) is 0 Å². The van der Waals surface area contributed by atoms with Gasteiger partial charge in [-0.2, -0.15) is 0 Å². The summed E-state index contributed by atoms with van der Waals surface area (Å²) in [6, 6.07) is 12.2. The zero-order valence-electron chi connectivity index (χ0n) is 13.0. The van der Waals surface area contributed by atoms with Crippen molar-refractivity contribution in [2.24, 2.45) is 0 Å². The van der Waals surface area contributed by atoms with Crippen LogP contribution in [0.15, 0.2) is 57.7 Å². The largest absolute Gasteiger partial charge is 0.497 e. The summed E-state index contributed by atoms with van der Waals surface area (Å²) in [5, 5.41) is 3.45. The zero-order valence-corrected chi connectivity index (χ0v) is 14.6. The number of hydrogen-bond acceptors (Lipinski definition) is 2. The fraction of sp³-hybridized carbons (Fsp3) is 0.158. The van der Waals surface area contributed by atoms with Gasteiger partial charge in [-0.05, 0) is 59.3 Å². The van der Waals surface area contributed by atoms with Gasteiger partial charge in [-0.3, -0.25) is 0 Å². The second kappa shape index (κ2) is 5.46. The molecule has 0 unspecified atom stereocenters. The Bertz CT molecular complexity index is 996. The third-order valence-corrected chi connectivity index (χ3v) is 4.86. The number of aromatic nitrogens is 1. The first-order valence-electron chi connectivity index (χ1n) is 7.56. The molecule has 0 bridgehead atoms. The first kappa shape index (κ1) is 14.4. The number of nitrogens with zero attached hydrogens (tertiary/aromatic N) is 1. The minimum Gasteiger partial charge on any atom is -0.497 e. The van der Waals surface area contributed by atoms with Gasteiger partial charge in [-0.15, -0.1) is 0 Å². The van der Waals surface area contributed by atoms with E-state index in [4.69, 9.17) is 9.15 Å². The van der Waals surface area contributed by atoms with Crippen LogP contribution in [0.3, 0.4) is 0 Å². The van der Waals surface area contributed by atoms with Gasteiger partial charge in [0.05, 0.1) is 13.4 Å². The first-order valence-corrected chi connectivity index (χ1v) is 8.35. The van der Waals surface area contributed by atoms with Crippen LogP contribution in [0.1, 0.15) is 6.92 Å². The summed E-state index contributed by atoms with van der Waals surface area (Å²) < 4.78 is 14.5. The molecule has 23 heavy (non-hydrogen) atoms. The Morgan fingerprint density at radius 3 is 2.57 bits per heavy atom. The van der Waals surface area contributed by atoms with E-state index in [0.717, 1.165) is 38.9 Å². The number of hydrogen-bond donors (Lipinski definition) is 0. The van der Waals surface area contributed by atoms with Crippen LogP contribution in [0.4, 0.5) is 0 Å². The van der Waals surface area contributed by atoms with Gasteiger partial charge in [0.15, 0.2) is 0 Å². The van der Waals surface area contributed by atoms with Crippen molar-refractivity contribution in [3.63, 3.8) is 0 Å². The molecular formula is C19H16BrNO2. The summed E-state index contributed by atoms with van der Waals surface area (Å²) in [4.78, 5) is 0. The van der Waals surface area contributed by atoms with Crippen LogP contribution in [0.2, 0.25) is 0 Å². The molecule has 0 radical (unpaired) electrons. The molecule has 0 aliphatic heterocycles. The smallest absolute Gasteiger partial charge is 0.142 e. The normalized spacial score (nSPS) is 11.4. The topological polar surface area (TPSA) is 27.3 Å². The van der Waals surface area contributed by atoms with Crippen molar-refractivity contribution < 1.29 is 9.15 Å². The summed E-state index contributed by atoms with van der Waals surface area (Å²) in [5.41, 5.74) is 2.26. The fourth-order valence-electron chi connectivity index (χ4n) is 3.10. The number of benzene rings is 2. The number of rotatable bonds is 3. The Hall–Kier alpha value is -2.20. The van der Waals surface area contributed by atoms with Crippen LogP contribution in [-0.4, -0.2) is 11.7 Å². The minimum absolute atomic E-state index is 0.841. The van der Waals surface area contributed by atoms with Crippen molar-refractivity contribution in [1.29, 1.82) is 0 Å². The summed E-state index contributed by atoms with van der Waals surface area (Å²) in [7, 11) is 1.67. The van der Waals surface area contributed by atoms with Crippen LogP contribution in [0.5, 0.6) is 5.75 Å². The molecule has 0 aliphatic rings. The molecule has 0 saturated carbocycles. The average molecular weight is 370 g/mol. The molecule has 4 rings (SSSR count). The van der Waals surface area contributed by atoms with Crippen molar-refractivity contribution in [2.75, 3.05) is 7.11 Å². The van der Waals surface area contributed by atoms with E-state index in [0.29, 0.717) is 0 Å². The highest BCUT2D eigenvalue weighted by atomic mass is 79.9. The first-order chi connectivity index (χ1) is 11.2. The van der Waals surface area contributed by atoms with E-state index >= 15 is 0 Å². The van der Waals surface area contributed by atoms with Crippen LogP contribution >= 0.6 is 15.9 Å². The van der Waals surface area contributed by atoms with Gasteiger partial charge in [0.2, 0.25) is 0 Å². The number of fused-ring (bicyclic) bond motifs is 3. The monoisotopic (exact) mass is 369 g/mol.